The normalized spacial score (nSPS) is 10.1. The second-order valence-corrected chi connectivity index (χ2v) is 4.53. The van der Waals surface area contributed by atoms with Gasteiger partial charge in [-0.3, -0.25) is 4.79 Å². The Balaban J connectivity index is 2.74. The second-order valence-electron chi connectivity index (χ2n) is 3.75. The lowest BCUT2D eigenvalue weighted by atomic mass is 10.3. The van der Waals surface area contributed by atoms with E-state index in [-0.39, 0.29) is 30.4 Å². The van der Waals surface area contributed by atoms with Crippen molar-refractivity contribution in [2.75, 3.05) is 37.8 Å². The molecule has 7 nitrogen and oxygen atoms in total. The number of nitrogens with two attached hydrogens (primary N) is 1. The standard InChI is InChI=1S/C11H18N4O3S/c1-4-15(3)7(16)6-13-10-8(9(12)14-19-10)11(17)18-5-2/h13H,4-6H2,1-3H3,(H2,12,14). The number of likely N-dealkylation sites (N-methyl/N-ethyl adjacent to an activating group) is 1. The van der Waals surface area contributed by atoms with Crippen LogP contribution in [-0.2, 0) is 9.53 Å². The number of hydrogen-bond donors (Lipinski definition) is 2. The number of nitrogens with one attached hydrogen (secondary N) is 1. The first-order valence-electron chi connectivity index (χ1n) is 5.91. The minimum atomic E-state index is -0.535. The van der Waals surface area contributed by atoms with Crippen molar-refractivity contribution in [3.05, 3.63) is 5.56 Å². The van der Waals surface area contributed by atoms with Crippen molar-refractivity contribution in [3.63, 3.8) is 0 Å². The van der Waals surface area contributed by atoms with Crippen molar-refractivity contribution in [1.29, 1.82) is 0 Å². The zero-order chi connectivity index (χ0) is 14.4. The van der Waals surface area contributed by atoms with Crippen molar-refractivity contribution < 1.29 is 14.3 Å². The Morgan fingerprint density at radius 3 is 2.74 bits per heavy atom. The zero-order valence-electron chi connectivity index (χ0n) is 11.2. The summed E-state index contributed by atoms with van der Waals surface area (Å²) in [5, 5.41) is 3.32. The fourth-order valence-corrected chi connectivity index (χ4v) is 1.99. The lowest BCUT2D eigenvalue weighted by Crippen LogP contribution is -2.32. The number of nitrogen functional groups attached to an aromatic ring is 1. The van der Waals surface area contributed by atoms with Crippen LogP contribution in [0.3, 0.4) is 0 Å². The van der Waals surface area contributed by atoms with Crippen molar-refractivity contribution in [1.82, 2.24) is 9.27 Å². The van der Waals surface area contributed by atoms with Gasteiger partial charge < -0.3 is 20.7 Å². The van der Waals surface area contributed by atoms with Crippen molar-refractivity contribution in [3.8, 4) is 0 Å². The summed E-state index contributed by atoms with van der Waals surface area (Å²) in [7, 11) is 1.71. The molecule has 0 radical (unpaired) electrons. The number of esters is 1. The van der Waals surface area contributed by atoms with Crippen LogP contribution in [0.5, 0.6) is 0 Å². The first-order chi connectivity index (χ1) is 9.01. The molecule has 0 aliphatic rings. The van der Waals surface area contributed by atoms with Crippen LogP contribution in [0, 0.1) is 0 Å². The molecule has 0 aliphatic heterocycles. The molecule has 0 aliphatic carbocycles. The molecule has 1 aromatic rings. The highest BCUT2D eigenvalue weighted by atomic mass is 32.1. The third kappa shape index (κ3) is 3.82. The third-order valence-electron chi connectivity index (χ3n) is 2.50. The number of anilines is 2. The largest absolute Gasteiger partial charge is 0.462 e. The minimum Gasteiger partial charge on any atom is -0.462 e. The Labute approximate surface area is 115 Å². The van der Waals surface area contributed by atoms with Gasteiger partial charge in [-0.05, 0) is 25.4 Å². The summed E-state index contributed by atoms with van der Waals surface area (Å²) in [5.41, 5.74) is 5.82. The van der Waals surface area contributed by atoms with Gasteiger partial charge in [0.05, 0.1) is 13.2 Å². The summed E-state index contributed by atoms with van der Waals surface area (Å²) in [6.07, 6.45) is 0. The molecule has 0 saturated carbocycles. The van der Waals surface area contributed by atoms with Gasteiger partial charge in [0, 0.05) is 13.6 Å². The van der Waals surface area contributed by atoms with Gasteiger partial charge in [-0.25, -0.2) is 4.79 Å². The summed E-state index contributed by atoms with van der Waals surface area (Å²) >= 11 is 1.03. The fourth-order valence-electron chi connectivity index (χ4n) is 1.29. The van der Waals surface area contributed by atoms with Crippen LogP contribution in [-0.4, -0.2) is 47.9 Å². The van der Waals surface area contributed by atoms with Gasteiger partial charge in [0.25, 0.3) is 0 Å². The molecule has 3 N–H and O–H groups in total. The van der Waals surface area contributed by atoms with E-state index in [4.69, 9.17) is 10.5 Å². The second kappa shape index (κ2) is 6.93. The van der Waals surface area contributed by atoms with Crippen LogP contribution >= 0.6 is 11.5 Å². The van der Waals surface area contributed by atoms with Crippen molar-refractivity contribution >= 4 is 34.2 Å². The molecule has 0 atom stereocenters. The summed E-state index contributed by atoms with van der Waals surface area (Å²) in [4.78, 5) is 24.9. The molecule has 1 rings (SSSR count). The van der Waals surface area contributed by atoms with E-state index in [0.717, 1.165) is 11.5 Å². The lowest BCUT2D eigenvalue weighted by molar-refractivity contribution is -0.127. The third-order valence-corrected chi connectivity index (χ3v) is 3.32. The molecule has 1 heterocycles. The van der Waals surface area contributed by atoms with E-state index in [1.54, 1.807) is 18.9 Å². The van der Waals surface area contributed by atoms with Crippen LogP contribution in [0.15, 0.2) is 0 Å². The van der Waals surface area contributed by atoms with E-state index in [2.05, 4.69) is 9.69 Å². The molecule has 19 heavy (non-hydrogen) atoms. The number of carbonyl (C=O) groups excluding carboxylic acids is 2. The van der Waals surface area contributed by atoms with Crippen molar-refractivity contribution in [2.24, 2.45) is 0 Å². The van der Waals surface area contributed by atoms with Crippen LogP contribution in [0.4, 0.5) is 10.8 Å². The van der Waals surface area contributed by atoms with E-state index in [1.165, 1.54) is 0 Å². The van der Waals surface area contributed by atoms with Crippen LogP contribution < -0.4 is 11.1 Å². The van der Waals surface area contributed by atoms with E-state index in [9.17, 15) is 9.59 Å². The van der Waals surface area contributed by atoms with Gasteiger partial charge in [0.2, 0.25) is 5.91 Å². The van der Waals surface area contributed by atoms with E-state index in [1.807, 2.05) is 6.92 Å². The lowest BCUT2D eigenvalue weighted by Gasteiger charge is -2.14. The number of rotatable bonds is 6. The molecular formula is C11H18N4O3S. The average molecular weight is 286 g/mol. The SMILES string of the molecule is CCOC(=O)c1c(N)nsc1NCC(=O)N(C)CC. The van der Waals surface area contributed by atoms with Crippen molar-refractivity contribution in [2.45, 2.75) is 13.8 Å². The van der Waals surface area contributed by atoms with E-state index < -0.39 is 5.97 Å². The highest BCUT2D eigenvalue weighted by Crippen LogP contribution is 2.27. The molecular weight excluding hydrogens is 268 g/mol. The number of ether oxygens (including phenoxy) is 1. The molecule has 1 amide bonds. The Hall–Kier alpha value is -1.83. The first kappa shape index (κ1) is 15.2. The average Bonchev–Trinajstić information content (AvgIpc) is 2.76. The number of aromatic nitrogens is 1. The monoisotopic (exact) mass is 286 g/mol. The van der Waals surface area contributed by atoms with Crippen LogP contribution in [0.25, 0.3) is 0 Å². The Morgan fingerprint density at radius 2 is 2.16 bits per heavy atom. The topological polar surface area (TPSA) is 97.5 Å². The number of nitrogens with zero attached hydrogens (tertiary/aromatic N) is 2. The molecule has 0 unspecified atom stereocenters. The highest BCUT2D eigenvalue weighted by molar-refractivity contribution is 7.11. The van der Waals surface area contributed by atoms with Gasteiger partial charge in [-0.15, -0.1) is 0 Å². The quantitative estimate of drug-likeness (QED) is 0.750. The molecule has 0 saturated heterocycles. The molecule has 0 aromatic carbocycles. The Morgan fingerprint density at radius 1 is 1.47 bits per heavy atom. The molecule has 0 fully saturated rings. The smallest absolute Gasteiger partial charge is 0.344 e. The summed E-state index contributed by atoms with van der Waals surface area (Å²) in [5.74, 6) is -0.501. The maximum absolute atomic E-state index is 11.7. The van der Waals surface area contributed by atoms with Gasteiger partial charge in [-0.1, -0.05) is 0 Å². The van der Waals surface area contributed by atoms with Gasteiger partial charge in [0.1, 0.15) is 10.6 Å². The first-order valence-corrected chi connectivity index (χ1v) is 6.68. The molecule has 0 spiro atoms. The Bertz CT molecular complexity index is 461. The van der Waals surface area contributed by atoms with Crippen LogP contribution in [0.2, 0.25) is 0 Å². The predicted molar refractivity (Wildman–Crippen MR) is 74.3 cm³/mol. The minimum absolute atomic E-state index is 0.0794. The zero-order valence-corrected chi connectivity index (χ0v) is 12.0. The molecule has 1 aromatic heterocycles. The highest BCUT2D eigenvalue weighted by Gasteiger charge is 2.21. The van der Waals surface area contributed by atoms with E-state index >= 15 is 0 Å². The van der Waals surface area contributed by atoms with Gasteiger partial charge in [-0.2, -0.15) is 4.37 Å². The Kier molecular flexibility index (Phi) is 5.56. The molecule has 106 valence electrons. The summed E-state index contributed by atoms with van der Waals surface area (Å²) < 4.78 is 8.79. The summed E-state index contributed by atoms with van der Waals surface area (Å²) in [6.45, 7) is 4.55. The fraction of sp³-hybridized carbons (Fsp3) is 0.545. The number of carbonyl (C=O) groups is 2. The molecule has 0 bridgehead atoms. The number of amides is 1. The summed E-state index contributed by atoms with van der Waals surface area (Å²) in [6, 6.07) is 0. The van der Waals surface area contributed by atoms with E-state index in [0.29, 0.717) is 11.5 Å². The van der Waals surface area contributed by atoms with Gasteiger partial charge in [0.15, 0.2) is 5.82 Å². The maximum Gasteiger partial charge on any atom is 0.344 e. The molecule has 8 heteroatoms. The predicted octanol–water partition coefficient (Wildman–Crippen LogP) is 0.792. The maximum atomic E-state index is 11.7. The van der Waals surface area contributed by atoms with Gasteiger partial charge >= 0.3 is 5.97 Å². The van der Waals surface area contributed by atoms with Crippen LogP contribution in [0.1, 0.15) is 24.2 Å². The number of hydrogen-bond acceptors (Lipinski definition) is 7.